The standard InChI is InChI=1S/C20H22N2O6/c1-12(18(24)21-13-7-9-14(27-2)10-8-13)28-17(23)11-22-19(25)15-5-3-4-6-16(15)20(22)26/h3-4,7-10,12,15-16H,5-6,11H2,1-2H3,(H,21,24)/t12-,15+,16+/m1/s1. The van der Waals surface area contributed by atoms with E-state index in [0.717, 1.165) is 4.90 Å². The first-order valence-corrected chi connectivity index (χ1v) is 9.05. The zero-order chi connectivity index (χ0) is 20.3. The molecule has 28 heavy (non-hydrogen) atoms. The summed E-state index contributed by atoms with van der Waals surface area (Å²) in [6.45, 7) is 0.943. The van der Waals surface area contributed by atoms with Gasteiger partial charge >= 0.3 is 5.97 Å². The summed E-state index contributed by atoms with van der Waals surface area (Å²) < 4.78 is 10.1. The van der Waals surface area contributed by atoms with Gasteiger partial charge in [-0.25, -0.2) is 0 Å². The Labute approximate surface area is 162 Å². The number of nitrogens with one attached hydrogen (secondary N) is 1. The lowest BCUT2D eigenvalue weighted by molar-refractivity contribution is -0.158. The molecule has 2 aliphatic rings. The van der Waals surface area contributed by atoms with Gasteiger partial charge in [0.15, 0.2) is 6.10 Å². The topological polar surface area (TPSA) is 102 Å². The predicted octanol–water partition coefficient (Wildman–Crippen LogP) is 1.52. The largest absolute Gasteiger partial charge is 0.497 e. The van der Waals surface area contributed by atoms with Crippen LogP contribution in [0.25, 0.3) is 0 Å². The number of hydrogen-bond donors (Lipinski definition) is 1. The van der Waals surface area contributed by atoms with Crippen molar-refractivity contribution in [3.8, 4) is 5.75 Å². The Morgan fingerprint density at radius 3 is 2.21 bits per heavy atom. The number of fused-ring (bicyclic) bond motifs is 1. The molecule has 148 valence electrons. The number of ether oxygens (including phenoxy) is 2. The Bertz CT molecular complexity index is 790. The first kappa shape index (κ1) is 19.6. The highest BCUT2D eigenvalue weighted by molar-refractivity contribution is 6.07. The molecule has 1 aliphatic carbocycles. The fraction of sp³-hybridized carbons (Fsp3) is 0.400. The van der Waals surface area contributed by atoms with Crippen LogP contribution in [0.2, 0.25) is 0 Å². The summed E-state index contributed by atoms with van der Waals surface area (Å²) >= 11 is 0. The molecular formula is C20H22N2O6. The monoisotopic (exact) mass is 386 g/mol. The van der Waals surface area contributed by atoms with Crippen LogP contribution >= 0.6 is 0 Å². The third kappa shape index (κ3) is 4.05. The highest BCUT2D eigenvalue weighted by Gasteiger charge is 2.47. The second kappa shape index (κ2) is 8.24. The number of carbonyl (C=O) groups is 4. The van der Waals surface area contributed by atoms with Crippen molar-refractivity contribution in [3.63, 3.8) is 0 Å². The maximum absolute atomic E-state index is 12.4. The lowest BCUT2D eigenvalue weighted by Crippen LogP contribution is -2.39. The number of rotatable bonds is 6. The number of methoxy groups -OCH3 is 1. The van der Waals surface area contributed by atoms with Crippen LogP contribution < -0.4 is 10.1 Å². The average molecular weight is 386 g/mol. The van der Waals surface area contributed by atoms with Gasteiger partial charge in [0, 0.05) is 5.69 Å². The number of amides is 3. The van der Waals surface area contributed by atoms with Gasteiger partial charge < -0.3 is 14.8 Å². The molecule has 0 saturated carbocycles. The summed E-state index contributed by atoms with van der Waals surface area (Å²) in [5, 5.41) is 2.62. The SMILES string of the molecule is COc1ccc(NC(=O)[C@@H](C)OC(=O)CN2C(=O)[C@H]3CC=CC[C@@H]3C2=O)cc1. The minimum absolute atomic E-state index is 0.355. The maximum Gasteiger partial charge on any atom is 0.326 e. The number of allylic oxidation sites excluding steroid dienone is 2. The number of benzene rings is 1. The highest BCUT2D eigenvalue weighted by atomic mass is 16.5. The summed E-state index contributed by atoms with van der Waals surface area (Å²) in [5.74, 6) is -2.19. The number of nitrogens with zero attached hydrogens (tertiary/aromatic N) is 1. The summed E-state index contributed by atoms with van der Waals surface area (Å²) in [6, 6.07) is 6.68. The molecule has 8 nitrogen and oxygen atoms in total. The van der Waals surface area contributed by atoms with E-state index >= 15 is 0 Å². The smallest absolute Gasteiger partial charge is 0.326 e. The molecule has 1 aromatic carbocycles. The molecule has 1 N–H and O–H groups in total. The van der Waals surface area contributed by atoms with Crippen LogP contribution in [0, 0.1) is 11.8 Å². The van der Waals surface area contributed by atoms with Crippen LogP contribution in [-0.2, 0) is 23.9 Å². The van der Waals surface area contributed by atoms with E-state index in [0.29, 0.717) is 24.3 Å². The van der Waals surface area contributed by atoms with Crippen molar-refractivity contribution < 1.29 is 28.7 Å². The van der Waals surface area contributed by atoms with Gasteiger partial charge in [0.25, 0.3) is 5.91 Å². The van der Waals surface area contributed by atoms with Crippen molar-refractivity contribution in [1.82, 2.24) is 4.90 Å². The van der Waals surface area contributed by atoms with E-state index in [9.17, 15) is 19.2 Å². The van der Waals surface area contributed by atoms with Gasteiger partial charge in [0.05, 0.1) is 18.9 Å². The first-order valence-electron chi connectivity index (χ1n) is 9.05. The van der Waals surface area contributed by atoms with Gasteiger partial charge in [-0.3, -0.25) is 24.1 Å². The van der Waals surface area contributed by atoms with Crippen molar-refractivity contribution in [2.45, 2.75) is 25.9 Å². The Morgan fingerprint density at radius 1 is 1.11 bits per heavy atom. The van der Waals surface area contributed by atoms with Gasteiger partial charge in [0.2, 0.25) is 11.8 Å². The zero-order valence-corrected chi connectivity index (χ0v) is 15.7. The van der Waals surface area contributed by atoms with E-state index in [4.69, 9.17) is 9.47 Å². The normalized spacial score (nSPS) is 21.9. The van der Waals surface area contributed by atoms with Crippen molar-refractivity contribution in [2.75, 3.05) is 19.0 Å². The molecule has 1 aliphatic heterocycles. The molecule has 0 radical (unpaired) electrons. The summed E-state index contributed by atoms with van der Waals surface area (Å²) in [4.78, 5) is 50.1. The molecule has 0 unspecified atom stereocenters. The molecule has 0 spiro atoms. The van der Waals surface area contributed by atoms with Gasteiger partial charge in [-0.05, 0) is 44.0 Å². The van der Waals surface area contributed by atoms with E-state index in [2.05, 4.69) is 5.32 Å². The number of likely N-dealkylation sites (tertiary alicyclic amines) is 1. The van der Waals surface area contributed by atoms with Crippen LogP contribution in [0.3, 0.4) is 0 Å². The first-order chi connectivity index (χ1) is 13.4. The third-order valence-corrected chi connectivity index (χ3v) is 4.92. The minimum atomic E-state index is -1.08. The van der Waals surface area contributed by atoms with Gasteiger partial charge in [-0.15, -0.1) is 0 Å². The highest BCUT2D eigenvalue weighted by Crippen LogP contribution is 2.34. The Hall–Kier alpha value is -3.16. The van der Waals surface area contributed by atoms with Crippen LogP contribution in [0.15, 0.2) is 36.4 Å². The second-order valence-corrected chi connectivity index (χ2v) is 6.77. The quantitative estimate of drug-likeness (QED) is 0.452. The van der Waals surface area contributed by atoms with Gasteiger partial charge in [-0.2, -0.15) is 0 Å². The minimum Gasteiger partial charge on any atom is -0.497 e. The predicted molar refractivity (Wildman–Crippen MR) is 99.3 cm³/mol. The van der Waals surface area contributed by atoms with E-state index in [1.807, 2.05) is 12.2 Å². The molecular weight excluding hydrogens is 364 g/mol. The molecule has 1 saturated heterocycles. The van der Waals surface area contributed by atoms with Crippen LogP contribution in [0.5, 0.6) is 5.75 Å². The van der Waals surface area contributed by atoms with Gasteiger partial charge in [0.1, 0.15) is 12.3 Å². The zero-order valence-electron chi connectivity index (χ0n) is 15.7. The van der Waals surface area contributed by atoms with Crippen LogP contribution in [0.1, 0.15) is 19.8 Å². The summed E-state index contributed by atoms with van der Waals surface area (Å²) in [6.07, 6.45) is 3.67. The molecule has 1 aromatic rings. The Morgan fingerprint density at radius 2 is 1.68 bits per heavy atom. The third-order valence-electron chi connectivity index (χ3n) is 4.92. The molecule has 3 amide bonds. The molecule has 3 rings (SSSR count). The van der Waals surface area contributed by atoms with Crippen molar-refractivity contribution in [1.29, 1.82) is 0 Å². The Balaban J connectivity index is 1.53. The summed E-state index contributed by atoms with van der Waals surface area (Å²) in [7, 11) is 1.54. The Kier molecular flexibility index (Phi) is 5.77. The lowest BCUT2D eigenvalue weighted by Gasteiger charge is -2.17. The van der Waals surface area contributed by atoms with Crippen molar-refractivity contribution in [3.05, 3.63) is 36.4 Å². The average Bonchev–Trinajstić information content (AvgIpc) is 2.93. The molecule has 1 fully saturated rings. The van der Waals surface area contributed by atoms with E-state index in [1.165, 1.54) is 14.0 Å². The fourth-order valence-corrected chi connectivity index (χ4v) is 3.36. The van der Waals surface area contributed by atoms with Crippen molar-refractivity contribution in [2.24, 2.45) is 11.8 Å². The molecule has 8 heteroatoms. The maximum atomic E-state index is 12.4. The molecule has 0 aromatic heterocycles. The van der Waals surface area contributed by atoms with E-state index < -0.39 is 36.4 Å². The second-order valence-electron chi connectivity index (χ2n) is 6.77. The summed E-state index contributed by atoms with van der Waals surface area (Å²) in [5.41, 5.74) is 0.523. The van der Waals surface area contributed by atoms with E-state index in [-0.39, 0.29) is 11.8 Å². The molecule has 3 atom stereocenters. The number of esters is 1. The number of anilines is 1. The molecule has 0 bridgehead atoms. The van der Waals surface area contributed by atoms with Crippen molar-refractivity contribution >= 4 is 29.4 Å². The van der Waals surface area contributed by atoms with Crippen LogP contribution in [0.4, 0.5) is 5.69 Å². The van der Waals surface area contributed by atoms with Crippen LogP contribution in [-0.4, -0.2) is 48.3 Å². The van der Waals surface area contributed by atoms with E-state index in [1.54, 1.807) is 24.3 Å². The molecule has 1 heterocycles. The number of imide groups is 1. The lowest BCUT2D eigenvalue weighted by atomic mass is 9.85. The number of hydrogen-bond acceptors (Lipinski definition) is 6. The number of carbonyl (C=O) groups excluding carboxylic acids is 4. The fourth-order valence-electron chi connectivity index (χ4n) is 3.36. The van der Waals surface area contributed by atoms with Gasteiger partial charge in [-0.1, -0.05) is 12.2 Å².